The van der Waals surface area contributed by atoms with Crippen molar-refractivity contribution in [1.82, 2.24) is 23.8 Å². The lowest BCUT2D eigenvalue weighted by Gasteiger charge is -2.13. The first-order valence-corrected chi connectivity index (χ1v) is 23.0. The van der Waals surface area contributed by atoms with Crippen LogP contribution in [0.3, 0.4) is 0 Å². The summed E-state index contributed by atoms with van der Waals surface area (Å²) in [5, 5.41) is 22.5. The zero-order chi connectivity index (χ0) is 53.4. The number of rotatable bonds is 9. The molecule has 2 unspecified atom stereocenters. The molecule has 0 bridgehead atoms. The van der Waals surface area contributed by atoms with Crippen LogP contribution in [0.15, 0.2) is 110 Å². The van der Waals surface area contributed by atoms with Gasteiger partial charge in [-0.3, -0.25) is 19.7 Å². The first kappa shape index (κ1) is 60.2. The van der Waals surface area contributed by atoms with Crippen LogP contribution in [0.1, 0.15) is 61.5 Å². The highest BCUT2D eigenvalue weighted by Crippen LogP contribution is 2.31. The Hall–Kier alpha value is -5.14. The molecule has 7 aromatic rings. The van der Waals surface area contributed by atoms with Gasteiger partial charge in [0.15, 0.2) is 6.29 Å². The van der Waals surface area contributed by atoms with E-state index >= 15 is 0 Å². The number of hydrogen-bond donors (Lipinski definition) is 2. The number of fused-ring (bicyclic) bond motifs is 2. The smallest absolute Gasteiger partial charge is 0.339 e. The van der Waals surface area contributed by atoms with Gasteiger partial charge in [0.25, 0.3) is 0 Å². The Morgan fingerprint density at radius 1 is 0.563 bits per heavy atom. The number of aliphatic hydroxyl groups excluding tert-OH is 1. The number of hydrogen-bond acceptors (Lipinski definition) is 12. The lowest BCUT2D eigenvalue weighted by Crippen LogP contribution is -2.13. The van der Waals surface area contributed by atoms with E-state index < -0.39 is 30.0 Å². The van der Waals surface area contributed by atoms with E-state index in [2.05, 4.69) is 42.3 Å². The van der Waals surface area contributed by atoms with E-state index in [1.54, 1.807) is 58.6 Å². The first-order valence-electron chi connectivity index (χ1n) is 19.2. The fraction of sp³-hybridized carbons (Fsp3) is 0.130. The maximum atomic E-state index is 11.3. The van der Waals surface area contributed by atoms with Crippen LogP contribution < -0.4 is 0 Å². The van der Waals surface area contributed by atoms with E-state index in [1.165, 1.54) is 64.3 Å². The summed E-state index contributed by atoms with van der Waals surface area (Å²) in [5.41, 5.74) is 3.04. The fourth-order valence-electron chi connectivity index (χ4n) is 5.39. The van der Waals surface area contributed by atoms with Crippen molar-refractivity contribution in [3.63, 3.8) is 0 Å². The zero-order valence-electron chi connectivity index (χ0n) is 36.9. The first-order chi connectivity index (χ1) is 33.4. The van der Waals surface area contributed by atoms with Gasteiger partial charge >= 0.3 is 23.9 Å². The lowest BCUT2D eigenvalue weighted by atomic mass is 9.98. The molecule has 0 aliphatic carbocycles. The van der Waals surface area contributed by atoms with Crippen LogP contribution in [0.25, 0.3) is 11.0 Å². The van der Waals surface area contributed by atoms with E-state index in [0.29, 0.717) is 68.8 Å². The monoisotopic (exact) mass is 1170 g/mol. The maximum absolute atomic E-state index is 11.3. The predicted molar refractivity (Wildman–Crippen MR) is 277 cm³/mol. The number of aromatic nitrogens is 5. The molecule has 2 N–H and O–H groups in total. The van der Waals surface area contributed by atoms with Gasteiger partial charge in [0.2, 0.25) is 0 Å². The number of nitrogens with zero attached hydrogens (tertiary/aromatic N) is 5. The van der Waals surface area contributed by atoms with Gasteiger partial charge in [0.05, 0.1) is 111 Å². The highest BCUT2D eigenvalue weighted by atomic mass is 35.5. The van der Waals surface area contributed by atoms with Gasteiger partial charge in [-0.25, -0.2) is 19.2 Å². The van der Waals surface area contributed by atoms with Gasteiger partial charge in [0.1, 0.15) is 11.8 Å². The van der Waals surface area contributed by atoms with Crippen molar-refractivity contribution in [2.75, 3.05) is 21.3 Å². The highest BCUT2D eigenvalue weighted by Gasteiger charge is 2.23. The van der Waals surface area contributed by atoms with Crippen LogP contribution in [0.5, 0.6) is 0 Å². The van der Waals surface area contributed by atoms with Crippen LogP contribution >= 0.6 is 116 Å². The Bertz CT molecular complexity index is 3050. The van der Waals surface area contributed by atoms with Gasteiger partial charge in [-0.1, -0.05) is 136 Å². The molecule has 7 heterocycles. The average Bonchev–Trinajstić information content (AvgIpc) is 3.97. The molecule has 0 fully saturated rings. The van der Waals surface area contributed by atoms with E-state index in [9.17, 15) is 29.1 Å². The van der Waals surface area contributed by atoms with E-state index in [-0.39, 0.29) is 38.5 Å². The number of aromatic carboxylic acids is 1. The molecule has 2 atom stereocenters. The minimum absolute atomic E-state index is 0.112. The summed E-state index contributed by atoms with van der Waals surface area (Å²) in [6.07, 6.45) is 9.81. The molecular weight excluding hydrogens is 1140 g/mol. The number of pyridine rings is 5. The van der Waals surface area contributed by atoms with Gasteiger partial charge < -0.3 is 33.2 Å². The lowest BCUT2D eigenvalue weighted by molar-refractivity contribution is -0.137. The van der Waals surface area contributed by atoms with Gasteiger partial charge in [-0.05, 0) is 42.5 Å². The second kappa shape index (κ2) is 28.2. The minimum atomic E-state index is -1.31. The molecule has 374 valence electrons. The molecular formula is C46H35Cl10N5O10. The SMILES string of the molecule is C=C(C(=O)OC)C(C)c1ncc(Cl)cc1Cl.C=C(C(=O)OC)C(O)c1ncc(Cl)cc1Cl.COC(=O)c1cc2c(Cl)cc(Cl)cn2c1.O=C(O)c1cc2c(Cl)cc(Cl)cn2c1.O=Cc1ncc(Cl)cc1Cl. The number of esters is 3. The molecule has 0 saturated carbocycles. The molecule has 25 heteroatoms. The summed E-state index contributed by atoms with van der Waals surface area (Å²) >= 11 is 57.7. The second-order valence-electron chi connectivity index (χ2n) is 13.7. The summed E-state index contributed by atoms with van der Waals surface area (Å²) in [6, 6.07) is 10.8. The quantitative estimate of drug-likeness (QED) is 0.0599. The Kier molecular flexibility index (Phi) is 23.9. The normalized spacial score (nSPS) is 11.1. The predicted octanol–water partition coefficient (Wildman–Crippen LogP) is 13.5. The molecule has 0 spiro atoms. The number of aldehydes is 1. The van der Waals surface area contributed by atoms with Crippen LogP contribution in [0.2, 0.25) is 50.2 Å². The molecule has 7 aromatic heterocycles. The van der Waals surface area contributed by atoms with Crippen LogP contribution in [-0.4, -0.2) is 85.5 Å². The van der Waals surface area contributed by atoms with Crippen LogP contribution in [0, 0.1) is 0 Å². The fourth-order valence-corrected chi connectivity index (χ4v) is 7.93. The van der Waals surface area contributed by atoms with Crippen LogP contribution in [-0.2, 0) is 23.8 Å². The Morgan fingerprint density at radius 3 is 1.39 bits per heavy atom. The topological polar surface area (TPSA) is 201 Å². The number of ether oxygens (including phenoxy) is 3. The van der Waals surface area contributed by atoms with E-state index in [0.717, 1.165) is 5.52 Å². The van der Waals surface area contributed by atoms with Crippen molar-refractivity contribution in [2.24, 2.45) is 0 Å². The molecule has 71 heavy (non-hydrogen) atoms. The number of carboxylic acids is 1. The number of halogens is 10. The van der Waals surface area contributed by atoms with Crippen molar-refractivity contribution in [2.45, 2.75) is 18.9 Å². The van der Waals surface area contributed by atoms with E-state index in [1.807, 2.05) is 0 Å². The number of methoxy groups -OCH3 is 3. The summed E-state index contributed by atoms with van der Waals surface area (Å²) in [6.45, 7) is 8.85. The van der Waals surface area contributed by atoms with Gasteiger partial charge in [-0.15, -0.1) is 0 Å². The van der Waals surface area contributed by atoms with E-state index in [4.69, 9.17) is 121 Å². The maximum Gasteiger partial charge on any atom is 0.339 e. The number of aliphatic hydroxyl groups is 1. The third kappa shape index (κ3) is 17.3. The van der Waals surface area contributed by atoms with Crippen molar-refractivity contribution >= 4 is 157 Å². The minimum Gasteiger partial charge on any atom is -0.478 e. The zero-order valence-corrected chi connectivity index (χ0v) is 44.5. The Morgan fingerprint density at radius 2 is 0.972 bits per heavy atom. The summed E-state index contributed by atoms with van der Waals surface area (Å²) < 4.78 is 16.9. The van der Waals surface area contributed by atoms with Crippen LogP contribution in [0.4, 0.5) is 0 Å². The highest BCUT2D eigenvalue weighted by molar-refractivity contribution is 6.38. The average molecular weight is 1170 g/mol. The van der Waals surface area contributed by atoms with Gasteiger partial charge in [-0.2, -0.15) is 0 Å². The number of carboxylic acid groups (broad SMARTS) is 1. The largest absolute Gasteiger partial charge is 0.478 e. The standard InChI is InChI=1S/C11H11Cl2NO2.C10H9Cl2NO3.C10H7Cl2NO2.C9H5Cl2NO2.C6H3Cl2NO/c1-6(7(2)11(15)16-3)10-9(13)4-8(12)5-14-10;1-5(10(15)16-2)9(14)8-7(12)3-6(11)4-13-8;1-15-10(14)6-2-9-8(12)3-7(11)5-13(9)4-6;10-6-2-7(11)8-1-5(9(13)14)3-12(8)4-6;7-4-1-5(8)6(3-10)9-2-4/h4-6H,2H2,1,3H3;3-4,9,14H,1H2,2H3;2-5H,1H3;1-4H,(H,13,14);1-3H. The summed E-state index contributed by atoms with van der Waals surface area (Å²) in [7, 11) is 3.83. The molecule has 7 rings (SSSR count). The van der Waals surface area contributed by atoms with Crippen molar-refractivity contribution in [1.29, 1.82) is 0 Å². The van der Waals surface area contributed by atoms with Crippen molar-refractivity contribution in [3.8, 4) is 0 Å². The summed E-state index contributed by atoms with van der Waals surface area (Å²) in [5.74, 6) is -2.88. The Balaban J connectivity index is 0.000000236. The molecule has 0 aliphatic heterocycles. The molecule has 0 aliphatic rings. The molecule has 0 amide bonds. The van der Waals surface area contributed by atoms with Crippen molar-refractivity contribution in [3.05, 3.63) is 189 Å². The molecule has 15 nitrogen and oxygen atoms in total. The number of carbonyl (C=O) groups is 5. The summed E-state index contributed by atoms with van der Waals surface area (Å²) in [4.78, 5) is 66.1. The molecule has 0 aromatic carbocycles. The second-order valence-corrected chi connectivity index (χ2v) is 17.9. The molecule has 0 saturated heterocycles. The third-order valence-corrected chi connectivity index (χ3v) is 11.5. The van der Waals surface area contributed by atoms with Crippen molar-refractivity contribution < 1.29 is 48.4 Å². The third-order valence-electron chi connectivity index (χ3n) is 8.95. The Labute approximate surface area is 454 Å². The molecule has 0 radical (unpaired) electrons. The number of carbonyl (C=O) groups excluding carboxylic acids is 4. The van der Waals surface area contributed by atoms with Gasteiger partial charge in [0, 0.05) is 54.9 Å².